The number of carbonyl (C=O) groups excluding carboxylic acids is 1. The van der Waals surface area contributed by atoms with Crippen molar-refractivity contribution in [2.45, 2.75) is 6.42 Å². The van der Waals surface area contributed by atoms with Crippen LogP contribution >= 0.6 is 34.8 Å². The lowest BCUT2D eigenvalue weighted by atomic mass is 10.1. The Labute approximate surface area is 163 Å². The maximum absolute atomic E-state index is 12.6. The van der Waals surface area contributed by atoms with Crippen LogP contribution in [0.25, 0.3) is 0 Å². The lowest BCUT2D eigenvalue weighted by Gasteiger charge is -2.35. The number of rotatable bonds is 4. The summed E-state index contributed by atoms with van der Waals surface area (Å²) in [6.07, 6.45) is 0.980. The molecule has 0 bridgehead atoms. The Kier molecular flexibility index (Phi) is 6.24. The highest BCUT2D eigenvalue weighted by molar-refractivity contribution is 6.36. The summed E-state index contributed by atoms with van der Waals surface area (Å²) in [5, 5.41) is 1.70. The molecule has 6 heteroatoms. The molecular formula is C19H19Cl3N2O. The zero-order chi connectivity index (χ0) is 17.8. The third-order valence-corrected chi connectivity index (χ3v) is 5.25. The topological polar surface area (TPSA) is 23.6 Å². The fraction of sp³-hybridized carbons (Fsp3) is 0.316. The highest BCUT2D eigenvalue weighted by Gasteiger charge is 2.23. The van der Waals surface area contributed by atoms with Gasteiger partial charge in [-0.2, -0.15) is 0 Å². The molecule has 1 saturated heterocycles. The van der Waals surface area contributed by atoms with Gasteiger partial charge in [-0.05, 0) is 42.3 Å². The molecule has 1 aliphatic heterocycles. The first-order valence-electron chi connectivity index (χ1n) is 8.24. The number of hydrogen-bond acceptors (Lipinski definition) is 2. The summed E-state index contributed by atoms with van der Waals surface area (Å²) in [7, 11) is 0. The van der Waals surface area contributed by atoms with Gasteiger partial charge in [0.2, 0.25) is 0 Å². The van der Waals surface area contributed by atoms with Gasteiger partial charge in [0.05, 0.1) is 10.6 Å². The summed E-state index contributed by atoms with van der Waals surface area (Å²) < 4.78 is 0. The molecule has 1 amide bonds. The van der Waals surface area contributed by atoms with E-state index in [0.29, 0.717) is 28.7 Å². The Morgan fingerprint density at radius 2 is 1.52 bits per heavy atom. The van der Waals surface area contributed by atoms with Gasteiger partial charge in [0.15, 0.2) is 0 Å². The molecular weight excluding hydrogens is 379 g/mol. The minimum Gasteiger partial charge on any atom is -0.336 e. The molecule has 1 aliphatic rings. The zero-order valence-electron chi connectivity index (χ0n) is 13.7. The van der Waals surface area contributed by atoms with E-state index in [2.05, 4.69) is 17.0 Å². The number of nitrogens with zero attached hydrogens (tertiary/aromatic N) is 2. The average molecular weight is 398 g/mol. The molecule has 0 aromatic heterocycles. The molecule has 0 atom stereocenters. The van der Waals surface area contributed by atoms with Gasteiger partial charge >= 0.3 is 0 Å². The van der Waals surface area contributed by atoms with Gasteiger partial charge in [0.25, 0.3) is 5.91 Å². The predicted octanol–water partition coefficient (Wildman–Crippen LogP) is 4.65. The fourth-order valence-electron chi connectivity index (χ4n) is 2.95. The molecule has 0 radical (unpaired) electrons. The normalized spacial score (nSPS) is 15.4. The van der Waals surface area contributed by atoms with E-state index in [1.807, 2.05) is 17.0 Å². The third-order valence-electron chi connectivity index (χ3n) is 4.45. The maximum Gasteiger partial charge on any atom is 0.255 e. The van der Waals surface area contributed by atoms with Gasteiger partial charge in [-0.25, -0.2) is 0 Å². The molecule has 3 nitrogen and oxygen atoms in total. The molecule has 0 aliphatic carbocycles. The van der Waals surface area contributed by atoms with Gasteiger partial charge in [0.1, 0.15) is 0 Å². The minimum absolute atomic E-state index is 0.0287. The first-order chi connectivity index (χ1) is 12.0. The van der Waals surface area contributed by atoms with Crippen LogP contribution < -0.4 is 0 Å². The minimum atomic E-state index is -0.0287. The Morgan fingerprint density at radius 1 is 0.880 bits per heavy atom. The maximum atomic E-state index is 12.6. The summed E-state index contributed by atoms with van der Waals surface area (Å²) >= 11 is 18.0. The molecule has 2 aromatic carbocycles. The van der Waals surface area contributed by atoms with E-state index in [-0.39, 0.29) is 5.91 Å². The molecule has 132 valence electrons. The number of piperazine rings is 1. The van der Waals surface area contributed by atoms with Crippen LogP contribution in [-0.2, 0) is 6.42 Å². The van der Waals surface area contributed by atoms with Crippen molar-refractivity contribution in [3.8, 4) is 0 Å². The monoisotopic (exact) mass is 396 g/mol. The van der Waals surface area contributed by atoms with Crippen molar-refractivity contribution in [1.82, 2.24) is 9.80 Å². The highest BCUT2D eigenvalue weighted by atomic mass is 35.5. The smallest absolute Gasteiger partial charge is 0.255 e. The standard InChI is InChI=1S/C19H19Cl3N2O/c20-15-3-1-14(2-4-15)7-8-23-9-11-24(12-10-23)19(25)17-6-5-16(21)13-18(17)22/h1-6,13H,7-12H2. The molecule has 0 unspecified atom stereocenters. The van der Waals surface area contributed by atoms with E-state index in [0.717, 1.165) is 31.1 Å². The largest absolute Gasteiger partial charge is 0.336 e. The van der Waals surface area contributed by atoms with Crippen LogP contribution in [0.2, 0.25) is 15.1 Å². The van der Waals surface area contributed by atoms with E-state index in [4.69, 9.17) is 34.8 Å². The highest BCUT2D eigenvalue weighted by Crippen LogP contribution is 2.23. The molecule has 0 N–H and O–H groups in total. The van der Waals surface area contributed by atoms with Crippen LogP contribution in [0, 0.1) is 0 Å². The number of carbonyl (C=O) groups is 1. The summed E-state index contributed by atoms with van der Waals surface area (Å²) in [5.41, 5.74) is 1.79. The second-order valence-electron chi connectivity index (χ2n) is 6.13. The van der Waals surface area contributed by atoms with Gasteiger partial charge in [0, 0.05) is 42.8 Å². The van der Waals surface area contributed by atoms with E-state index >= 15 is 0 Å². The molecule has 25 heavy (non-hydrogen) atoms. The Balaban J connectivity index is 1.51. The molecule has 0 saturated carbocycles. The summed E-state index contributed by atoms with van der Waals surface area (Å²) in [4.78, 5) is 16.8. The van der Waals surface area contributed by atoms with Crippen molar-refractivity contribution >= 4 is 40.7 Å². The van der Waals surface area contributed by atoms with Crippen LogP contribution in [0.4, 0.5) is 0 Å². The van der Waals surface area contributed by atoms with Crippen molar-refractivity contribution in [1.29, 1.82) is 0 Å². The molecule has 1 fully saturated rings. The van der Waals surface area contributed by atoms with Gasteiger partial charge in [-0.1, -0.05) is 46.9 Å². The molecule has 2 aromatic rings. The van der Waals surface area contributed by atoms with Crippen LogP contribution in [-0.4, -0.2) is 48.4 Å². The quantitative estimate of drug-likeness (QED) is 0.750. The summed E-state index contributed by atoms with van der Waals surface area (Å²) in [5.74, 6) is -0.0287. The van der Waals surface area contributed by atoms with E-state index in [9.17, 15) is 4.79 Å². The predicted molar refractivity (Wildman–Crippen MR) is 104 cm³/mol. The van der Waals surface area contributed by atoms with Crippen molar-refractivity contribution in [3.05, 3.63) is 68.7 Å². The Morgan fingerprint density at radius 3 is 2.16 bits per heavy atom. The van der Waals surface area contributed by atoms with Crippen molar-refractivity contribution < 1.29 is 4.79 Å². The summed E-state index contributed by atoms with van der Waals surface area (Å²) in [6.45, 7) is 4.12. The van der Waals surface area contributed by atoms with E-state index in [1.54, 1.807) is 18.2 Å². The number of halogens is 3. The van der Waals surface area contributed by atoms with Gasteiger partial charge in [-0.15, -0.1) is 0 Å². The first kappa shape index (κ1) is 18.5. The van der Waals surface area contributed by atoms with Crippen LogP contribution in [0.3, 0.4) is 0 Å². The van der Waals surface area contributed by atoms with Crippen LogP contribution in [0.1, 0.15) is 15.9 Å². The van der Waals surface area contributed by atoms with Crippen molar-refractivity contribution in [2.75, 3.05) is 32.7 Å². The van der Waals surface area contributed by atoms with Crippen molar-refractivity contribution in [3.63, 3.8) is 0 Å². The van der Waals surface area contributed by atoms with Crippen LogP contribution in [0.5, 0.6) is 0 Å². The lowest BCUT2D eigenvalue weighted by Crippen LogP contribution is -2.49. The number of amides is 1. The molecule has 3 rings (SSSR count). The van der Waals surface area contributed by atoms with Gasteiger partial charge in [-0.3, -0.25) is 9.69 Å². The van der Waals surface area contributed by atoms with E-state index < -0.39 is 0 Å². The Hall–Kier alpha value is -1.26. The average Bonchev–Trinajstić information content (AvgIpc) is 2.61. The van der Waals surface area contributed by atoms with Crippen molar-refractivity contribution in [2.24, 2.45) is 0 Å². The lowest BCUT2D eigenvalue weighted by molar-refractivity contribution is 0.0638. The van der Waals surface area contributed by atoms with Crippen LogP contribution in [0.15, 0.2) is 42.5 Å². The molecule has 0 spiro atoms. The van der Waals surface area contributed by atoms with Gasteiger partial charge < -0.3 is 4.90 Å². The Bertz CT molecular complexity index is 741. The molecule has 1 heterocycles. The summed E-state index contributed by atoms with van der Waals surface area (Å²) in [6, 6.07) is 13.0. The third kappa shape index (κ3) is 4.89. The zero-order valence-corrected chi connectivity index (χ0v) is 16.0. The number of benzene rings is 2. The fourth-order valence-corrected chi connectivity index (χ4v) is 3.56. The SMILES string of the molecule is O=C(c1ccc(Cl)cc1Cl)N1CCN(CCc2ccc(Cl)cc2)CC1. The first-order valence-corrected chi connectivity index (χ1v) is 9.37. The second-order valence-corrected chi connectivity index (χ2v) is 7.41. The second kappa shape index (κ2) is 8.41. The van der Waals surface area contributed by atoms with E-state index in [1.165, 1.54) is 5.56 Å². The number of hydrogen-bond donors (Lipinski definition) is 0.